The van der Waals surface area contributed by atoms with Crippen LogP contribution < -0.4 is 5.32 Å². The van der Waals surface area contributed by atoms with Crippen molar-refractivity contribution in [2.24, 2.45) is 5.10 Å². The average molecular weight is 288 g/mol. The first-order valence-electron chi connectivity index (χ1n) is 6.42. The maximum Gasteiger partial charge on any atom is 0.241 e. The number of hydrogen-bond donors (Lipinski definition) is 1. The minimum atomic E-state index is -0.692. The van der Waals surface area contributed by atoms with Gasteiger partial charge in [0.2, 0.25) is 23.7 Å². The normalized spacial score (nSPS) is 17.5. The summed E-state index contributed by atoms with van der Waals surface area (Å²) < 4.78 is 0. The lowest BCUT2D eigenvalue weighted by atomic mass is 10.1. The van der Waals surface area contributed by atoms with E-state index in [-0.39, 0.29) is 23.7 Å². The summed E-state index contributed by atoms with van der Waals surface area (Å²) in [6.07, 6.45) is -0.692. The fourth-order valence-corrected chi connectivity index (χ4v) is 2.15. The summed E-state index contributed by atoms with van der Waals surface area (Å²) in [5.74, 6) is -0.952. The fourth-order valence-electron chi connectivity index (χ4n) is 2.15. The van der Waals surface area contributed by atoms with Crippen molar-refractivity contribution in [2.75, 3.05) is 0 Å². The zero-order chi connectivity index (χ0) is 15.6. The van der Waals surface area contributed by atoms with Gasteiger partial charge in [0.25, 0.3) is 0 Å². The van der Waals surface area contributed by atoms with Gasteiger partial charge in [0.1, 0.15) is 0 Å². The molecule has 7 nitrogen and oxygen atoms in total. The van der Waals surface area contributed by atoms with Gasteiger partial charge in [-0.3, -0.25) is 24.6 Å². The van der Waals surface area contributed by atoms with Gasteiger partial charge >= 0.3 is 0 Å². The molecule has 0 bridgehead atoms. The lowest BCUT2D eigenvalue weighted by Crippen LogP contribution is -2.45. The molecule has 1 N–H and O–H groups in total. The average Bonchev–Trinajstić information content (AvgIpc) is 2.78. The summed E-state index contributed by atoms with van der Waals surface area (Å²) in [5.41, 5.74) is 0.729. The van der Waals surface area contributed by atoms with Crippen LogP contribution in [0.5, 0.6) is 0 Å². The Balaban J connectivity index is 2.47. The SMILES string of the molecule is CC(=O)NC1=NN(C(C)=O)C(c2ccccc2)N1C(C)=O. The number of rotatable bonds is 1. The highest BCUT2D eigenvalue weighted by Crippen LogP contribution is 2.30. The smallest absolute Gasteiger partial charge is 0.241 e. The highest BCUT2D eigenvalue weighted by Gasteiger charge is 2.40. The van der Waals surface area contributed by atoms with Crippen molar-refractivity contribution in [2.45, 2.75) is 26.9 Å². The standard InChI is InChI=1S/C14H16N4O3/c1-9(19)15-14-16-18(11(3)21)13(17(14)10(2)20)12-7-5-4-6-8-12/h4-8,13H,1-3H3,(H,15,16,19). The molecule has 110 valence electrons. The van der Waals surface area contributed by atoms with E-state index < -0.39 is 6.17 Å². The molecule has 0 fully saturated rings. The molecule has 1 unspecified atom stereocenters. The number of carbonyl (C=O) groups is 3. The molecule has 0 aromatic heterocycles. The zero-order valence-electron chi connectivity index (χ0n) is 12.0. The lowest BCUT2D eigenvalue weighted by molar-refractivity contribution is -0.136. The van der Waals surface area contributed by atoms with E-state index in [1.54, 1.807) is 12.1 Å². The van der Waals surface area contributed by atoms with Crippen LogP contribution in [0.15, 0.2) is 35.4 Å². The maximum absolute atomic E-state index is 11.9. The van der Waals surface area contributed by atoms with Crippen LogP contribution in [0, 0.1) is 0 Å². The Morgan fingerprint density at radius 2 is 1.67 bits per heavy atom. The Morgan fingerprint density at radius 1 is 1.05 bits per heavy atom. The molecular weight excluding hydrogens is 272 g/mol. The van der Waals surface area contributed by atoms with Crippen molar-refractivity contribution in [3.63, 3.8) is 0 Å². The molecule has 1 aromatic rings. The van der Waals surface area contributed by atoms with Gasteiger partial charge in [-0.25, -0.2) is 5.01 Å². The molecule has 1 aliphatic heterocycles. The third kappa shape index (κ3) is 2.91. The molecule has 1 aliphatic rings. The van der Waals surface area contributed by atoms with Crippen molar-refractivity contribution in [3.05, 3.63) is 35.9 Å². The van der Waals surface area contributed by atoms with Crippen LogP contribution in [0.2, 0.25) is 0 Å². The third-order valence-electron chi connectivity index (χ3n) is 2.95. The van der Waals surface area contributed by atoms with Crippen molar-refractivity contribution in [3.8, 4) is 0 Å². The second-order valence-corrected chi connectivity index (χ2v) is 4.64. The summed E-state index contributed by atoms with van der Waals surface area (Å²) >= 11 is 0. The van der Waals surface area contributed by atoms with Gasteiger partial charge < -0.3 is 0 Å². The Labute approximate surface area is 122 Å². The van der Waals surface area contributed by atoms with Crippen molar-refractivity contribution >= 4 is 23.7 Å². The molecule has 0 saturated carbocycles. The third-order valence-corrected chi connectivity index (χ3v) is 2.95. The molecule has 3 amide bonds. The van der Waals surface area contributed by atoms with Crippen molar-refractivity contribution in [1.82, 2.24) is 15.2 Å². The quantitative estimate of drug-likeness (QED) is 0.830. The molecule has 0 saturated heterocycles. The Hall–Kier alpha value is -2.70. The van der Waals surface area contributed by atoms with E-state index in [1.165, 1.54) is 30.7 Å². The summed E-state index contributed by atoms with van der Waals surface area (Å²) in [6, 6.07) is 9.04. The van der Waals surface area contributed by atoms with Gasteiger partial charge in [0.05, 0.1) is 0 Å². The molecule has 0 spiro atoms. The van der Waals surface area contributed by atoms with Crippen LogP contribution in [0.1, 0.15) is 32.5 Å². The Bertz CT molecular complexity index is 612. The summed E-state index contributed by atoms with van der Waals surface area (Å²) in [4.78, 5) is 36.3. The Kier molecular flexibility index (Phi) is 4.02. The largest absolute Gasteiger partial charge is 0.295 e. The topological polar surface area (TPSA) is 82.1 Å². The number of nitrogens with zero attached hydrogens (tertiary/aromatic N) is 3. The molecule has 21 heavy (non-hydrogen) atoms. The van der Waals surface area contributed by atoms with Crippen LogP contribution in [0.25, 0.3) is 0 Å². The van der Waals surface area contributed by atoms with E-state index in [0.717, 1.165) is 5.56 Å². The van der Waals surface area contributed by atoms with Crippen molar-refractivity contribution < 1.29 is 14.4 Å². The van der Waals surface area contributed by atoms with Gasteiger partial charge in [0.15, 0.2) is 6.17 Å². The van der Waals surface area contributed by atoms with E-state index in [0.29, 0.717) is 0 Å². The number of nitrogens with one attached hydrogen (secondary N) is 1. The molecule has 7 heteroatoms. The molecule has 0 radical (unpaired) electrons. The first-order chi connectivity index (χ1) is 9.91. The summed E-state index contributed by atoms with van der Waals surface area (Å²) in [6.45, 7) is 4.03. The first kappa shape index (κ1) is 14.7. The van der Waals surface area contributed by atoms with Crippen LogP contribution in [-0.2, 0) is 14.4 Å². The molecule has 2 rings (SSSR count). The molecule has 1 heterocycles. The maximum atomic E-state index is 11.9. The van der Waals surface area contributed by atoms with Gasteiger partial charge in [-0.2, -0.15) is 0 Å². The minimum Gasteiger partial charge on any atom is -0.295 e. The number of guanidine groups is 1. The van der Waals surface area contributed by atoms with Crippen LogP contribution in [-0.4, -0.2) is 33.6 Å². The van der Waals surface area contributed by atoms with E-state index in [2.05, 4.69) is 10.4 Å². The van der Waals surface area contributed by atoms with Crippen LogP contribution >= 0.6 is 0 Å². The fraction of sp³-hybridized carbons (Fsp3) is 0.286. The number of carbonyl (C=O) groups excluding carboxylic acids is 3. The van der Waals surface area contributed by atoms with Gasteiger partial charge in [0, 0.05) is 20.8 Å². The predicted molar refractivity (Wildman–Crippen MR) is 75.5 cm³/mol. The van der Waals surface area contributed by atoms with E-state index in [1.807, 2.05) is 18.2 Å². The lowest BCUT2D eigenvalue weighted by Gasteiger charge is -2.28. The number of hydrazone groups is 1. The highest BCUT2D eigenvalue weighted by atomic mass is 16.2. The van der Waals surface area contributed by atoms with E-state index in [9.17, 15) is 14.4 Å². The van der Waals surface area contributed by atoms with Gasteiger partial charge in [-0.15, -0.1) is 5.10 Å². The number of benzene rings is 1. The number of amides is 3. The second-order valence-electron chi connectivity index (χ2n) is 4.64. The highest BCUT2D eigenvalue weighted by molar-refractivity contribution is 6.05. The molecular formula is C14H16N4O3. The monoisotopic (exact) mass is 288 g/mol. The zero-order valence-corrected chi connectivity index (χ0v) is 12.0. The second kappa shape index (κ2) is 5.74. The predicted octanol–water partition coefficient (Wildman–Crippen LogP) is 0.803. The van der Waals surface area contributed by atoms with Gasteiger partial charge in [-0.05, 0) is 5.56 Å². The molecule has 1 aromatic carbocycles. The van der Waals surface area contributed by atoms with Crippen molar-refractivity contribution in [1.29, 1.82) is 0 Å². The minimum absolute atomic E-state index is 0.0547. The number of hydrogen-bond acceptors (Lipinski definition) is 4. The van der Waals surface area contributed by atoms with Crippen LogP contribution in [0.3, 0.4) is 0 Å². The van der Waals surface area contributed by atoms with Crippen LogP contribution in [0.4, 0.5) is 0 Å². The Morgan fingerprint density at radius 3 is 2.14 bits per heavy atom. The first-order valence-corrected chi connectivity index (χ1v) is 6.42. The molecule has 1 atom stereocenters. The van der Waals surface area contributed by atoms with Gasteiger partial charge in [-0.1, -0.05) is 30.3 Å². The van der Waals surface area contributed by atoms with E-state index >= 15 is 0 Å². The summed E-state index contributed by atoms with van der Waals surface area (Å²) in [5, 5.41) is 7.72. The molecule has 0 aliphatic carbocycles. The van der Waals surface area contributed by atoms with E-state index in [4.69, 9.17) is 0 Å². The summed E-state index contributed by atoms with van der Waals surface area (Å²) in [7, 11) is 0.